The highest BCUT2D eigenvalue weighted by Crippen LogP contribution is 2.40. The maximum Gasteiger partial charge on any atom is 0.299 e. The molecular weight excluding hydrogens is 491 g/mol. The van der Waals surface area contributed by atoms with Gasteiger partial charge in [0, 0.05) is 38.7 Å². The fraction of sp³-hybridized carbons (Fsp3) is 0.286. The molecule has 198 valence electrons. The van der Waals surface area contributed by atoms with E-state index in [0.717, 1.165) is 22.4 Å². The SMILES string of the molecule is COc1ccc(COc2c(OC)ccc3c2CC(C(=O)NN(C)C)N(c2nc4ccc(F)cc4o2)C3)cc1. The van der Waals surface area contributed by atoms with Crippen LogP contribution in [0.3, 0.4) is 0 Å². The molecule has 0 radical (unpaired) electrons. The Balaban J connectivity index is 1.51. The number of carbonyl (C=O) groups is 1. The number of nitrogens with zero attached hydrogens (tertiary/aromatic N) is 3. The second-order valence-corrected chi connectivity index (χ2v) is 9.20. The Labute approximate surface area is 219 Å². The molecule has 5 rings (SSSR count). The summed E-state index contributed by atoms with van der Waals surface area (Å²) in [6.45, 7) is 0.644. The van der Waals surface area contributed by atoms with Crippen molar-refractivity contribution in [2.24, 2.45) is 0 Å². The molecule has 1 aliphatic heterocycles. The average Bonchev–Trinajstić information content (AvgIpc) is 3.33. The summed E-state index contributed by atoms with van der Waals surface area (Å²) in [5.74, 6) is 1.27. The zero-order chi connectivity index (χ0) is 26.8. The van der Waals surface area contributed by atoms with Gasteiger partial charge in [0.2, 0.25) is 0 Å². The Bertz CT molecular complexity index is 1450. The standard InChI is InChI=1S/C28H29FN4O5/c1-32(2)31-27(34)23-14-21-18(15-33(23)28-30-22-11-8-19(29)13-25(22)38-28)7-12-24(36-4)26(21)37-16-17-5-9-20(35-3)10-6-17/h5-13,23H,14-16H2,1-4H3,(H,31,34). The van der Waals surface area contributed by atoms with Gasteiger partial charge in [-0.2, -0.15) is 4.98 Å². The first-order chi connectivity index (χ1) is 18.4. The van der Waals surface area contributed by atoms with E-state index in [4.69, 9.17) is 18.6 Å². The topological polar surface area (TPSA) is 89.3 Å². The van der Waals surface area contributed by atoms with Crippen LogP contribution in [0.4, 0.5) is 10.4 Å². The lowest BCUT2D eigenvalue weighted by atomic mass is 9.92. The molecule has 9 nitrogen and oxygen atoms in total. The Hall–Kier alpha value is -4.31. The minimum absolute atomic E-state index is 0.238. The van der Waals surface area contributed by atoms with Crippen molar-refractivity contribution in [1.29, 1.82) is 0 Å². The fourth-order valence-electron chi connectivity index (χ4n) is 4.55. The fourth-order valence-corrected chi connectivity index (χ4v) is 4.55. The number of rotatable bonds is 8. The molecule has 1 aromatic heterocycles. The van der Waals surface area contributed by atoms with Crippen LogP contribution in [-0.4, -0.2) is 50.3 Å². The van der Waals surface area contributed by atoms with Crippen LogP contribution in [0.1, 0.15) is 16.7 Å². The first kappa shape index (κ1) is 25.3. The highest BCUT2D eigenvalue weighted by atomic mass is 19.1. The minimum Gasteiger partial charge on any atom is -0.497 e. The van der Waals surface area contributed by atoms with E-state index in [1.54, 1.807) is 44.3 Å². The van der Waals surface area contributed by atoms with E-state index in [2.05, 4.69) is 10.4 Å². The van der Waals surface area contributed by atoms with Gasteiger partial charge < -0.3 is 23.5 Å². The number of fused-ring (bicyclic) bond motifs is 2. The molecule has 1 N–H and O–H groups in total. The van der Waals surface area contributed by atoms with Crippen molar-refractivity contribution < 1.29 is 27.8 Å². The van der Waals surface area contributed by atoms with Gasteiger partial charge in [-0.3, -0.25) is 10.2 Å². The third kappa shape index (κ3) is 5.08. The molecule has 1 aliphatic rings. The zero-order valence-corrected chi connectivity index (χ0v) is 21.7. The summed E-state index contributed by atoms with van der Waals surface area (Å²) in [5.41, 5.74) is 6.44. The molecule has 3 aromatic carbocycles. The number of methoxy groups -OCH3 is 2. The lowest BCUT2D eigenvalue weighted by Crippen LogP contribution is -2.53. The van der Waals surface area contributed by atoms with Crippen LogP contribution in [0.25, 0.3) is 11.1 Å². The van der Waals surface area contributed by atoms with Crippen LogP contribution in [0.15, 0.2) is 59.0 Å². The summed E-state index contributed by atoms with van der Waals surface area (Å²) < 4.78 is 36.8. The molecule has 38 heavy (non-hydrogen) atoms. The quantitative estimate of drug-likeness (QED) is 0.348. The van der Waals surface area contributed by atoms with E-state index < -0.39 is 11.9 Å². The number of hydrogen-bond acceptors (Lipinski definition) is 8. The molecule has 0 spiro atoms. The van der Waals surface area contributed by atoms with E-state index in [1.807, 2.05) is 36.4 Å². The zero-order valence-electron chi connectivity index (χ0n) is 21.7. The molecule has 1 atom stereocenters. The number of halogens is 1. The van der Waals surface area contributed by atoms with Gasteiger partial charge in [-0.1, -0.05) is 18.2 Å². The smallest absolute Gasteiger partial charge is 0.299 e. The van der Waals surface area contributed by atoms with Crippen molar-refractivity contribution in [1.82, 2.24) is 15.4 Å². The molecular formula is C28H29FN4O5. The van der Waals surface area contributed by atoms with Crippen LogP contribution in [0, 0.1) is 5.82 Å². The van der Waals surface area contributed by atoms with Crippen molar-refractivity contribution in [3.05, 3.63) is 77.1 Å². The van der Waals surface area contributed by atoms with E-state index in [9.17, 15) is 9.18 Å². The van der Waals surface area contributed by atoms with Crippen molar-refractivity contribution in [2.75, 3.05) is 33.2 Å². The number of ether oxygens (including phenoxy) is 3. The molecule has 1 amide bonds. The van der Waals surface area contributed by atoms with Crippen LogP contribution < -0.4 is 24.5 Å². The van der Waals surface area contributed by atoms with Gasteiger partial charge in [-0.05, 0) is 41.5 Å². The second-order valence-electron chi connectivity index (χ2n) is 9.20. The van der Waals surface area contributed by atoms with Gasteiger partial charge in [0.15, 0.2) is 17.1 Å². The number of hydrogen-bond donors (Lipinski definition) is 1. The van der Waals surface area contributed by atoms with E-state index in [1.165, 1.54) is 12.1 Å². The maximum absolute atomic E-state index is 13.8. The predicted octanol–water partition coefficient (Wildman–Crippen LogP) is 4.09. The summed E-state index contributed by atoms with van der Waals surface area (Å²) in [6.07, 6.45) is 0.317. The maximum atomic E-state index is 13.8. The van der Waals surface area contributed by atoms with Gasteiger partial charge in [0.25, 0.3) is 11.9 Å². The van der Waals surface area contributed by atoms with Gasteiger partial charge in [-0.25, -0.2) is 9.40 Å². The number of oxazole rings is 1. The molecule has 0 saturated carbocycles. The van der Waals surface area contributed by atoms with Gasteiger partial charge in [0.1, 0.15) is 29.7 Å². The molecule has 0 fully saturated rings. The third-order valence-electron chi connectivity index (χ3n) is 6.42. The Morgan fingerprint density at radius 3 is 2.63 bits per heavy atom. The molecule has 2 heterocycles. The molecule has 1 unspecified atom stereocenters. The third-order valence-corrected chi connectivity index (χ3v) is 6.42. The molecule has 4 aromatic rings. The van der Waals surface area contributed by atoms with E-state index >= 15 is 0 Å². The van der Waals surface area contributed by atoms with Gasteiger partial charge >= 0.3 is 0 Å². The molecule has 0 bridgehead atoms. The summed E-state index contributed by atoms with van der Waals surface area (Å²) in [4.78, 5) is 19.7. The van der Waals surface area contributed by atoms with Crippen LogP contribution in [0.5, 0.6) is 17.2 Å². The van der Waals surface area contributed by atoms with Crippen molar-refractivity contribution in [2.45, 2.75) is 25.6 Å². The normalized spacial score (nSPS) is 14.9. The summed E-state index contributed by atoms with van der Waals surface area (Å²) in [5, 5.41) is 1.59. The first-order valence-electron chi connectivity index (χ1n) is 12.1. The Morgan fingerprint density at radius 1 is 1.13 bits per heavy atom. The number of anilines is 1. The highest BCUT2D eigenvalue weighted by molar-refractivity contribution is 5.86. The van der Waals surface area contributed by atoms with Crippen LogP contribution in [-0.2, 0) is 24.4 Å². The molecule has 0 saturated heterocycles. The number of nitrogens with one attached hydrogen (secondary N) is 1. The summed E-state index contributed by atoms with van der Waals surface area (Å²) in [6, 6.07) is 15.2. The number of benzene rings is 3. The number of carbonyl (C=O) groups excluding carboxylic acids is 1. The van der Waals surface area contributed by atoms with Gasteiger partial charge in [0.05, 0.1) is 14.2 Å². The Kier molecular flexibility index (Phi) is 7.06. The van der Waals surface area contributed by atoms with Crippen molar-refractivity contribution in [3.63, 3.8) is 0 Å². The van der Waals surface area contributed by atoms with E-state index in [0.29, 0.717) is 42.2 Å². The number of hydrazine groups is 1. The van der Waals surface area contributed by atoms with Crippen LogP contribution in [0.2, 0.25) is 0 Å². The number of aromatic nitrogens is 1. The highest BCUT2D eigenvalue weighted by Gasteiger charge is 2.37. The second kappa shape index (κ2) is 10.6. The number of amides is 1. The van der Waals surface area contributed by atoms with Crippen molar-refractivity contribution in [3.8, 4) is 17.2 Å². The summed E-state index contributed by atoms with van der Waals surface area (Å²) >= 11 is 0. The predicted molar refractivity (Wildman–Crippen MR) is 140 cm³/mol. The molecule has 0 aliphatic carbocycles. The van der Waals surface area contributed by atoms with Crippen molar-refractivity contribution >= 4 is 23.0 Å². The minimum atomic E-state index is -0.668. The lowest BCUT2D eigenvalue weighted by molar-refractivity contribution is -0.126. The summed E-state index contributed by atoms with van der Waals surface area (Å²) in [7, 11) is 6.70. The largest absolute Gasteiger partial charge is 0.497 e. The van der Waals surface area contributed by atoms with E-state index in [-0.39, 0.29) is 11.9 Å². The average molecular weight is 521 g/mol. The molecule has 10 heteroatoms. The Morgan fingerprint density at radius 2 is 1.92 bits per heavy atom. The monoisotopic (exact) mass is 520 g/mol. The van der Waals surface area contributed by atoms with Gasteiger partial charge in [-0.15, -0.1) is 0 Å². The lowest BCUT2D eigenvalue weighted by Gasteiger charge is -2.36. The first-order valence-corrected chi connectivity index (χ1v) is 12.1. The van der Waals surface area contributed by atoms with Crippen LogP contribution >= 0.6 is 0 Å².